The standard InChI is InChI=1S/C11H22N2O2/c1-2-3-4-5-6-7-8-9(10(12)14)11(13)15/h9H,2-8H2,1H3,(H2,12,14)(H2,13,15). The second kappa shape index (κ2) is 8.26. The van der Waals surface area contributed by atoms with E-state index in [0.717, 1.165) is 19.3 Å². The first-order valence-corrected chi connectivity index (χ1v) is 5.68. The topological polar surface area (TPSA) is 86.2 Å². The number of hydrogen-bond donors (Lipinski definition) is 2. The molecule has 0 aliphatic carbocycles. The normalized spacial score (nSPS) is 10.5. The Kier molecular flexibility index (Phi) is 7.68. The van der Waals surface area contributed by atoms with E-state index in [9.17, 15) is 9.59 Å². The van der Waals surface area contributed by atoms with Gasteiger partial charge in [-0.1, -0.05) is 45.4 Å². The maximum absolute atomic E-state index is 10.8. The molecule has 0 aliphatic heterocycles. The van der Waals surface area contributed by atoms with E-state index in [4.69, 9.17) is 11.5 Å². The maximum Gasteiger partial charge on any atom is 0.229 e. The fourth-order valence-electron chi connectivity index (χ4n) is 1.55. The Labute approximate surface area is 91.4 Å². The molecule has 0 aromatic carbocycles. The zero-order chi connectivity index (χ0) is 11.7. The molecule has 0 bridgehead atoms. The molecule has 0 aromatic rings. The van der Waals surface area contributed by atoms with Crippen LogP contribution >= 0.6 is 0 Å². The highest BCUT2D eigenvalue weighted by atomic mass is 16.2. The molecule has 4 nitrogen and oxygen atoms in total. The highest BCUT2D eigenvalue weighted by Crippen LogP contribution is 2.11. The van der Waals surface area contributed by atoms with Gasteiger partial charge in [0.05, 0.1) is 0 Å². The molecule has 0 aliphatic rings. The minimum Gasteiger partial charge on any atom is -0.369 e. The predicted molar refractivity (Wildman–Crippen MR) is 59.9 cm³/mol. The molecule has 0 spiro atoms. The highest BCUT2D eigenvalue weighted by Gasteiger charge is 2.20. The Morgan fingerprint density at radius 2 is 1.40 bits per heavy atom. The van der Waals surface area contributed by atoms with Crippen molar-refractivity contribution in [2.45, 2.75) is 51.9 Å². The van der Waals surface area contributed by atoms with Crippen molar-refractivity contribution < 1.29 is 9.59 Å². The van der Waals surface area contributed by atoms with Crippen LogP contribution in [-0.2, 0) is 9.59 Å². The van der Waals surface area contributed by atoms with Crippen LogP contribution in [0.1, 0.15) is 51.9 Å². The zero-order valence-corrected chi connectivity index (χ0v) is 9.50. The average molecular weight is 214 g/mol. The van der Waals surface area contributed by atoms with E-state index in [0.29, 0.717) is 6.42 Å². The minimum absolute atomic E-state index is 0.497. The van der Waals surface area contributed by atoms with Crippen LogP contribution in [0.15, 0.2) is 0 Å². The maximum atomic E-state index is 10.8. The van der Waals surface area contributed by atoms with Gasteiger partial charge in [-0.25, -0.2) is 0 Å². The third kappa shape index (κ3) is 6.94. The second-order valence-electron chi connectivity index (χ2n) is 3.91. The summed E-state index contributed by atoms with van der Waals surface area (Å²) in [5, 5.41) is 0. The second-order valence-corrected chi connectivity index (χ2v) is 3.91. The van der Waals surface area contributed by atoms with Crippen molar-refractivity contribution in [3.05, 3.63) is 0 Å². The van der Waals surface area contributed by atoms with Crippen LogP contribution in [0.25, 0.3) is 0 Å². The largest absolute Gasteiger partial charge is 0.369 e. The third-order valence-corrected chi connectivity index (χ3v) is 2.53. The molecule has 0 saturated heterocycles. The average Bonchev–Trinajstić information content (AvgIpc) is 2.15. The van der Waals surface area contributed by atoms with Gasteiger partial charge in [0.2, 0.25) is 11.8 Å². The van der Waals surface area contributed by atoms with Crippen molar-refractivity contribution in [2.24, 2.45) is 17.4 Å². The monoisotopic (exact) mass is 214 g/mol. The number of rotatable bonds is 9. The van der Waals surface area contributed by atoms with Gasteiger partial charge >= 0.3 is 0 Å². The van der Waals surface area contributed by atoms with E-state index < -0.39 is 17.7 Å². The first-order chi connectivity index (χ1) is 7.09. The van der Waals surface area contributed by atoms with Crippen molar-refractivity contribution in [3.63, 3.8) is 0 Å². The molecule has 4 N–H and O–H groups in total. The Hall–Kier alpha value is -1.06. The Bertz CT molecular complexity index is 191. The van der Waals surface area contributed by atoms with E-state index in [1.54, 1.807) is 0 Å². The number of unbranched alkanes of at least 4 members (excludes halogenated alkanes) is 5. The van der Waals surface area contributed by atoms with E-state index in [-0.39, 0.29) is 0 Å². The van der Waals surface area contributed by atoms with Crippen LogP contribution < -0.4 is 11.5 Å². The fourth-order valence-corrected chi connectivity index (χ4v) is 1.55. The molecule has 4 heteroatoms. The molecule has 0 radical (unpaired) electrons. The van der Waals surface area contributed by atoms with Gasteiger partial charge in [-0.3, -0.25) is 9.59 Å². The summed E-state index contributed by atoms with van der Waals surface area (Å²) < 4.78 is 0. The molecule has 0 atom stereocenters. The molecule has 15 heavy (non-hydrogen) atoms. The summed E-state index contributed by atoms with van der Waals surface area (Å²) in [6.07, 6.45) is 7.21. The van der Waals surface area contributed by atoms with Gasteiger partial charge in [-0.15, -0.1) is 0 Å². The summed E-state index contributed by atoms with van der Waals surface area (Å²) in [7, 11) is 0. The van der Waals surface area contributed by atoms with Crippen molar-refractivity contribution in [1.82, 2.24) is 0 Å². The lowest BCUT2D eigenvalue weighted by molar-refractivity contribution is -0.131. The van der Waals surface area contributed by atoms with Gasteiger partial charge in [0.15, 0.2) is 0 Å². The zero-order valence-electron chi connectivity index (χ0n) is 9.50. The molecule has 0 unspecified atom stereocenters. The SMILES string of the molecule is CCCCCCCCC(C(N)=O)C(N)=O. The van der Waals surface area contributed by atoms with Crippen LogP contribution in [0.5, 0.6) is 0 Å². The molecule has 2 amide bonds. The molecule has 0 aromatic heterocycles. The van der Waals surface area contributed by atoms with Gasteiger partial charge in [0.1, 0.15) is 5.92 Å². The van der Waals surface area contributed by atoms with Crippen molar-refractivity contribution >= 4 is 11.8 Å². The predicted octanol–water partition coefficient (Wildman–Crippen LogP) is 1.32. The van der Waals surface area contributed by atoms with Gasteiger partial charge in [0.25, 0.3) is 0 Å². The summed E-state index contributed by atoms with van der Waals surface area (Å²) >= 11 is 0. The van der Waals surface area contributed by atoms with E-state index in [1.807, 2.05) is 0 Å². The lowest BCUT2D eigenvalue weighted by Gasteiger charge is -2.08. The number of carbonyl (C=O) groups excluding carboxylic acids is 2. The minimum atomic E-state index is -0.781. The number of carbonyl (C=O) groups is 2. The van der Waals surface area contributed by atoms with Crippen molar-refractivity contribution in [2.75, 3.05) is 0 Å². The number of primary amides is 2. The smallest absolute Gasteiger partial charge is 0.229 e. The van der Waals surface area contributed by atoms with Crippen molar-refractivity contribution in [1.29, 1.82) is 0 Å². The van der Waals surface area contributed by atoms with Crippen molar-refractivity contribution in [3.8, 4) is 0 Å². The van der Waals surface area contributed by atoms with Gasteiger partial charge in [-0.05, 0) is 6.42 Å². The first-order valence-electron chi connectivity index (χ1n) is 5.68. The van der Waals surface area contributed by atoms with E-state index >= 15 is 0 Å². The van der Waals surface area contributed by atoms with Gasteiger partial charge in [0, 0.05) is 0 Å². The molecule has 88 valence electrons. The number of hydrogen-bond acceptors (Lipinski definition) is 2. The van der Waals surface area contributed by atoms with E-state index in [2.05, 4.69) is 6.92 Å². The van der Waals surface area contributed by atoms with Crippen LogP contribution in [0.3, 0.4) is 0 Å². The number of nitrogens with two attached hydrogens (primary N) is 2. The Morgan fingerprint density at radius 1 is 0.933 bits per heavy atom. The quantitative estimate of drug-likeness (QED) is 0.448. The lowest BCUT2D eigenvalue weighted by Crippen LogP contribution is -2.34. The summed E-state index contributed by atoms with van der Waals surface area (Å²) in [6.45, 7) is 2.16. The highest BCUT2D eigenvalue weighted by molar-refractivity contribution is 5.98. The van der Waals surface area contributed by atoms with Gasteiger partial charge in [-0.2, -0.15) is 0 Å². The first kappa shape index (κ1) is 13.9. The molecule has 0 rings (SSSR count). The van der Waals surface area contributed by atoms with Gasteiger partial charge < -0.3 is 11.5 Å². The van der Waals surface area contributed by atoms with Crippen LogP contribution in [0.2, 0.25) is 0 Å². The Balaban J connectivity index is 3.55. The fraction of sp³-hybridized carbons (Fsp3) is 0.818. The molecular formula is C11H22N2O2. The number of amides is 2. The van der Waals surface area contributed by atoms with Crippen LogP contribution in [0, 0.1) is 5.92 Å². The molecule has 0 fully saturated rings. The van der Waals surface area contributed by atoms with Crippen LogP contribution in [0.4, 0.5) is 0 Å². The summed E-state index contributed by atoms with van der Waals surface area (Å²) in [5.74, 6) is -1.98. The summed E-state index contributed by atoms with van der Waals surface area (Å²) in [5.41, 5.74) is 10.1. The third-order valence-electron chi connectivity index (χ3n) is 2.53. The molecule has 0 heterocycles. The molecular weight excluding hydrogens is 192 g/mol. The van der Waals surface area contributed by atoms with Crippen LogP contribution in [-0.4, -0.2) is 11.8 Å². The Morgan fingerprint density at radius 3 is 1.87 bits per heavy atom. The lowest BCUT2D eigenvalue weighted by atomic mass is 9.99. The summed E-state index contributed by atoms with van der Waals surface area (Å²) in [4.78, 5) is 21.7. The van der Waals surface area contributed by atoms with E-state index in [1.165, 1.54) is 19.3 Å². The molecule has 0 saturated carbocycles. The summed E-state index contributed by atoms with van der Waals surface area (Å²) in [6, 6.07) is 0.